The monoisotopic (exact) mass is 540 g/mol. The first kappa shape index (κ1) is 24.3. The first-order valence-electron chi connectivity index (χ1n) is 14.3. The van der Waals surface area contributed by atoms with Crippen molar-refractivity contribution in [3.8, 4) is 22.3 Å². The summed E-state index contributed by atoms with van der Waals surface area (Å²) < 4.78 is 6.13. The van der Waals surface area contributed by atoms with Crippen molar-refractivity contribution in [2.45, 2.75) is 0 Å². The average molecular weight is 541 g/mol. The van der Waals surface area contributed by atoms with Gasteiger partial charge in [-0.3, -0.25) is 0 Å². The van der Waals surface area contributed by atoms with Gasteiger partial charge in [0, 0.05) is 34.6 Å². The van der Waals surface area contributed by atoms with Crippen LogP contribution in [-0.4, -0.2) is 6.54 Å². The second-order valence-electron chi connectivity index (χ2n) is 10.7. The van der Waals surface area contributed by atoms with Gasteiger partial charge in [-0.2, -0.15) is 0 Å². The summed E-state index contributed by atoms with van der Waals surface area (Å²) in [4.78, 5) is 2.34. The minimum Gasteiger partial charge on any atom is -0.440 e. The molecule has 0 radical (unpaired) electrons. The molecule has 6 aromatic carbocycles. The largest absolute Gasteiger partial charge is 0.440 e. The summed E-state index contributed by atoms with van der Waals surface area (Å²) >= 11 is 0. The van der Waals surface area contributed by atoms with Gasteiger partial charge in [-0.1, -0.05) is 103 Å². The van der Waals surface area contributed by atoms with Crippen LogP contribution in [0.1, 0.15) is 5.56 Å². The molecule has 3 nitrogen and oxygen atoms in total. The second kappa shape index (κ2) is 10.1. The second-order valence-corrected chi connectivity index (χ2v) is 10.7. The van der Waals surface area contributed by atoms with Gasteiger partial charge < -0.3 is 14.6 Å². The van der Waals surface area contributed by atoms with Crippen LogP contribution in [-0.2, 0) is 0 Å². The van der Waals surface area contributed by atoms with E-state index < -0.39 is 0 Å². The van der Waals surface area contributed by atoms with Crippen LogP contribution < -0.4 is 10.2 Å². The van der Waals surface area contributed by atoms with E-state index in [4.69, 9.17) is 4.42 Å². The van der Waals surface area contributed by atoms with Crippen molar-refractivity contribution in [1.82, 2.24) is 0 Å². The Morgan fingerprint density at radius 1 is 0.524 bits per heavy atom. The van der Waals surface area contributed by atoms with Gasteiger partial charge in [-0.15, -0.1) is 0 Å². The Morgan fingerprint density at radius 2 is 1.14 bits per heavy atom. The fraction of sp³-hybridized carbons (Fsp3) is 0.0256. The number of nitrogens with zero attached hydrogens (tertiary/aromatic N) is 1. The fourth-order valence-corrected chi connectivity index (χ4v) is 5.93. The molecule has 200 valence electrons. The van der Waals surface area contributed by atoms with Crippen molar-refractivity contribution >= 4 is 50.8 Å². The molecule has 0 amide bonds. The molecule has 0 fully saturated rings. The number of hydrogen-bond acceptors (Lipinski definition) is 3. The smallest absolute Gasteiger partial charge is 0.201 e. The highest BCUT2D eigenvalue weighted by Crippen LogP contribution is 2.41. The Hall–Kier alpha value is -5.54. The predicted octanol–water partition coefficient (Wildman–Crippen LogP) is 10.8. The van der Waals surface area contributed by atoms with Crippen LogP contribution in [0.25, 0.3) is 50.1 Å². The Labute approximate surface area is 245 Å². The van der Waals surface area contributed by atoms with E-state index in [9.17, 15) is 0 Å². The van der Waals surface area contributed by atoms with Crippen molar-refractivity contribution in [1.29, 1.82) is 0 Å². The highest BCUT2D eigenvalue weighted by Gasteiger charge is 2.19. The SMILES string of the molecule is C1=Cc2c(oc3ccc(N(c4ccc(-c5ccccc5)cc4)c4ccc5ccc(-c6ccccc6)cc5c4)cc23)NC1. The van der Waals surface area contributed by atoms with Crippen LogP contribution in [0.5, 0.6) is 0 Å². The van der Waals surface area contributed by atoms with E-state index in [-0.39, 0.29) is 0 Å². The van der Waals surface area contributed by atoms with Gasteiger partial charge in [0.1, 0.15) is 5.58 Å². The molecule has 2 heterocycles. The molecular weight excluding hydrogens is 512 g/mol. The number of nitrogens with one attached hydrogen (secondary N) is 1. The van der Waals surface area contributed by atoms with E-state index in [1.54, 1.807) is 0 Å². The molecule has 1 aliphatic rings. The number of rotatable bonds is 5. The minimum atomic E-state index is 0.779. The normalized spacial score (nSPS) is 12.3. The summed E-state index contributed by atoms with van der Waals surface area (Å²) in [5.41, 5.74) is 10.1. The van der Waals surface area contributed by atoms with E-state index >= 15 is 0 Å². The summed E-state index contributed by atoms with van der Waals surface area (Å²) in [6, 6.07) is 49.8. The van der Waals surface area contributed by atoms with E-state index in [0.29, 0.717) is 0 Å². The third-order valence-electron chi connectivity index (χ3n) is 8.05. The maximum Gasteiger partial charge on any atom is 0.201 e. The molecule has 7 aromatic rings. The van der Waals surface area contributed by atoms with E-state index in [1.165, 1.54) is 33.0 Å². The molecule has 0 atom stereocenters. The van der Waals surface area contributed by atoms with Gasteiger partial charge in [0.2, 0.25) is 5.88 Å². The molecule has 1 N–H and O–H groups in total. The van der Waals surface area contributed by atoms with Crippen LogP contribution in [0.4, 0.5) is 22.9 Å². The maximum atomic E-state index is 6.13. The van der Waals surface area contributed by atoms with Crippen LogP contribution in [0, 0.1) is 0 Å². The Morgan fingerprint density at radius 3 is 1.93 bits per heavy atom. The molecule has 0 bridgehead atoms. The number of fused-ring (bicyclic) bond motifs is 4. The third kappa shape index (κ3) is 4.32. The average Bonchev–Trinajstić information content (AvgIpc) is 3.44. The van der Waals surface area contributed by atoms with Gasteiger partial charge >= 0.3 is 0 Å². The van der Waals surface area contributed by atoms with Crippen molar-refractivity contribution in [2.75, 3.05) is 16.8 Å². The van der Waals surface area contributed by atoms with E-state index in [2.05, 4.69) is 162 Å². The standard InChI is InChI=1S/C39H28N2O/c1-3-8-27(9-4-1)29-15-18-33(19-16-29)41(35-21-22-38-37(26-35)36-12-7-23-40-39(36)42-38)34-20-17-30-13-14-31(24-32(30)25-34)28-10-5-2-6-11-28/h1-22,24-26,40H,23H2. The summed E-state index contributed by atoms with van der Waals surface area (Å²) in [7, 11) is 0. The van der Waals surface area contributed by atoms with Crippen molar-refractivity contribution in [3.63, 3.8) is 0 Å². The quantitative estimate of drug-likeness (QED) is 0.235. The molecule has 0 unspecified atom stereocenters. The zero-order valence-electron chi connectivity index (χ0n) is 23.0. The van der Waals surface area contributed by atoms with Crippen molar-refractivity contribution < 1.29 is 4.42 Å². The van der Waals surface area contributed by atoms with Crippen LogP contribution in [0.15, 0.2) is 150 Å². The first-order chi connectivity index (χ1) is 20.8. The third-order valence-corrected chi connectivity index (χ3v) is 8.05. The highest BCUT2D eigenvalue weighted by molar-refractivity contribution is 5.98. The Kier molecular flexibility index (Phi) is 5.86. The number of benzene rings is 6. The molecule has 3 heteroatoms. The molecule has 42 heavy (non-hydrogen) atoms. The molecule has 0 saturated carbocycles. The van der Waals surface area contributed by atoms with Crippen LogP contribution >= 0.6 is 0 Å². The maximum absolute atomic E-state index is 6.13. The first-order valence-corrected chi connectivity index (χ1v) is 14.3. The molecule has 0 aliphatic carbocycles. The van der Waals surface area contributed by atoms with Gasteiger partial charge in [0.25, 0.3) is 0 Å². The molecule has 1 aromatic heterocycles. The number of hydrogen-bond donors (Lipinski definition) is 1. The van der Waals surface area contributed by atoms with Gasteiger partial charge in [0.15, 0.2) is 0 Å². The van der Waals surface area contributed by atoms with E-state index in [1.807, 2.05) is 0 Å². The zero-order valence-corrected chi connectivity index (χ0v) is 23.0. The lowest BCUT2D eigenvalue weighted by Crippen LogP contribution is -2.10. The summed E-state index contributed by atoms with van der Waals surface area (Å²) in [5.74, 6) is 0.836. The molecular formula is C39H28N2O. The summed E-state index contributed by atoms with van der Waals surface area (Å²) in [6.07, 6.45) is 4.29. The topological polar surface area (TPSA) is 28.4 Å². The summed E-state index contributed by atoms with van der Waals surface area (Å²) in [6.45, 7) is 0.779. The Bertz CT molecular complexity index is 2070. The van der Waals surface area contributed by atoms with Crippen LogP contribution in [0.3, 0.4) is 0 Å². The number of anilines is 4. The number of furan rings is 1. The molecule has 1 aliphatic heterocycles. The van der Waals surface area contributed by atoms with Crippen molar-refractivity contribution in [2.24, 2.45) is 0 Å². The lowest BCUT2D eigenvalue weighted by Gasteiger charge is -2.26. The Balaban J connectivity index is 1.28. The zero-order chi connectivity index (χ0) is 27.9. The lowest BCUT2D eigenvalue weighted by molar-refractivity contribution is 0.628. The molecule has 8 rings (SSSR count). The van der Waals surface area contributed by atoms with Gasteiger partial charge in [0.05, 0.1) is 0 Å². The molecule has 0 saturated heterocycles. The fourth-order valence-electron chi connectivity index (χ4n) is 5.93. The van der Waals surface area contributed by atoms with E-state index in [0.717, 1.165) is 46.0 Å². The van der Waals surface area contributed by atoms with Crippen molar-refractivity contribution in [3.05, 3.63) is 151 Å². The van der Waals surface area contributed by atoms with Gasteiger partial charge in [-0.25, -0.2) is 0 Å². The lowest BCUT2D eigenvalue weighted by atomic mass is 10.0. The highest BCUT2D eigenvalue weighted by atomic mass is 16.3. The van der Waals surface area contributed by atoms with Crippen LogP contribution in [0.2, 0.25) is 0 Å². The predicted molar refractivity (Wildman–Crippen MR) is 177 cm³/mol. The summed E-state index contributed by atoms with van der Waals surface area (Å²) in [5, 5.41) is 6.88. The van der Waals surface area contributed by atoms with Gasteiger partial charge in [-0.05, 0) is 81.6 Å². The molecule has 0 spiro atoms. The minimum absolute atomic E-state index is 0.779.